The van der Waals surface area contributed by atoms with E-state index >= 15 is 0 Å². The number of nitrogens with two attached hydrogens (primary N) is 1. The standard InChI is InChI=1S/C12H16N2O2/c13-10(7-15)12(16)5-8-6-14-11-4-2-1-3-9(8)11/h1-4,6,10,12,14-16H,5,7,13H2/t10-,12?/m1/s1. The average Bonchev–Trinajstić information content (AvgIpc) is 2.72. The van der Waals surface area contributed by atoms with E-state index in [-0.39, 0.29) is 6.61 Å². The Morgan fingerprint density at radius 2 is 2.06 bits per heavy atom. The summed E-state index contributed by atoms with van der Waals surface area (Å²) in [5, 5.41) is 19.7. The smallest absolute Gasteiger partial charge is 0.0754 e. The molecule has 16 heavy (non-hydrogen) atoms. The SMILES string of the molecule is N[C@H](CO)C(O)Cc1c[nH]c2ccccc12. The van der Waals surface area contributed by atoms with Gasteiger partial charge >= 0.3 is 0 Å². The first-order valence-corrected chi connectivity index (χ1v) is 5.32. The highest BCUT2D eigenvalue weighted by atomic mass is 16.3. The third-order valence-electron chi connectivity index (χ3n) is 2.81. The molecule has 0 saturated heterocycles. The number of hydrogen-bond acceptors (Lipinski definition) is 3. The summed E-state index contributed by atoms with van der Waals surface area (Å²) in [7, 11) is 0. The van der Waals surface area contributed by atoms with Gasteiger partial charge in [0, 0.05) is 23.5 Å². The van der Waals surface area contributed by atoms with E-state index in [1.165, 1.54) is 0 Å². The number of benzene rings is 1. The Kier molecular flexibility index (Phi) is 3.24. The summed E-state index contributed by atoms with van der Waals surface area (Å²) in [6.45, 7) is -0.205. The average molecular weight is 220 g/mol. The van der Waals surface area contributed by atoms with Crippen molar-refractivity contribution in [2.45, 2.75) is 18.6 Å². The van der Waals surface area contributed by atoms with Crippen LogP contribution in [-0.4, -0.2) is 33.9 Å². The Morgan fingerprint density at radius 1 is 1.31 bits per heavy atom. The third kappa shape index (κ3) is 2.09. The fraction of sp³-hybridized carbons (Fsp3) is 0.333. The van der Waals surface area contributed by atoms with Crippen LogP contribution in [0.2, 0.25) is 0 Å². The molecule has 4 heteroatoms. The van der Waals surface area contributed by atoms with Crippen molar-refractivity contribution in [2.75, 3.05) is 6.61 Å². The van der Waals surface area contributed by atoms with Crippen LogP contribution in [0, 0.1) is 0 Å². The van der Waals surface area contributed by atoms with Crippen LogP contribution < -0.4 is 5.73 Å². The van der Waals surface area contributed by atoms with Crippen LogP contribution in [0.1, 0.15) is 5.56 Å². The van der Waals surface area contributed by atoms with E-state index < -0.39 is 12.1 Å². The number of aliphatic hydroxyl groups is 2. The van der Waals surface area contributed by atoms with Gasteiger partial charge in [-0.25, -0.2) is 0 Å². The van der Waals surface area contributed by atoms with E-state index in [9.17, 15) is 5.11 Å². The Bertz CT molecular complexity index is 467. The number of aliphatic hydroxyl groups excluding tert-OH is 2. The largest absolute Gasteiger partial charge is 0.395 e. The molecule has 2 aromatic rings. The molecule has 2 rings (SSSR count). The summed E-state index contributed by atoms with van der Waals surface area (Å²) in [6, 6.07) is 7.31. The molecule has 1 aromatic carbocycles. The Labute approximate surface area is 93.7 Å². The fourth-order valence-corrected chi connectivity index (χ4v) is 1.80. The lowest BCUT2D eigenvalue weighted by Crippen LogP contribution is -2.39. The minimum atomic E-state index is -0.718. The molecule has 0 radical (unpaired) electrons. The Balaban J connectivity index is 2.21. The molecule has 1 aromatic heterocycles. The van der Waals surface area contributed by atoms with Crippen molar-refractivity contribution < 1.29 is 10.2 Å². The maximum absolute atomic E-state index is 9.75. The number of aromatic nitrogens is 1. The molecule has 86 valence electrons. The molecule has 1 heterocycles. The summed E-state index contributed by atoms with van der Waals surface area (Å²) in [5.41, 5.74) is 7.63. The number of hydrogen-bond donors (Lipinski definition) is 4. The molecule has 0 spiro atoms. The van der Waals surface area contributed by atoms with Crippen LogP contribution >= 0.6 is 0 Å². The van der Waals surface area contributed by atoms with Gasteiger partial charge in [0.05, 0.1) is 18.8 Å². The van der Waals surface area contributed by atoms with Crippen molar-refractivity contribution in [3.63, 3.8) is 0 Å². The van der Waals surface area contributed by atoms with Gasteiger partial charge in [0.15, 0.2) is 0 Å². The van der Waals surface area contributed by atoms with Gasteiger partial charge < -0.3 is 20.9 Å². The highest BCUT2D eigenvalue weighted by molar-refractivity contribution is 5.83. The summed E-state index contributed by atoms with van der Waals surface area (Å²) >= 11 is 0. The zero-order valence-corrected chi connectivity index (χ0v) is 8.93. The number of nitrogens with one attached hydrogen (secondary N) is 1. The first kappa shape index (κ1) is 11.1. The zero-order chi connectivity index (χ0) is 11.5. The van der Waals surface area contributed by atoms with Gasteiger partial charge in [-0.1, -0.05) is 18.2 Å². The second-order valence-corrected chi connectivity index (χ2v) is 3.98. The number of aromatic amines is 1. The Hall–Kier alpha value is -1.36. The first-order chi connectivity index (χ1) is 7.72. The van der Waals surface area contributed by atoms with Gasteiger partial charge in [-0.2, -0.15) is 0 Å². The molecule has 0 saturated carbocycles. The van der Waals surface area contributed by atoms with Crippen molar-refractivity contribution in [1.82, 2.24) is 4.98 Å². The van der Waals surface area contributed by atoms with Crippen molar-refractivity contribution in [1.29, 1.82) is 0 Å². The maximum atomic E-state index is 9.75. The first-order valence-electron chi connectivity index (χ1n) is 5.32. The van der Waals surface area contributed by atoms with Gasteiger partial charge in [0.1, 0.15) is 0 Å². The van der Waals surface area contributed by atoms with Crippen molar-refractivity contribution in [2.24, 2.45) is 5.73 Å². The fourth-order valence-electron chi connectivity index (χ4n) is 1.80. The minimum Gasteiger partial charge on any atom is -0.395 e. The number of rotatable bonds is 4. The quantitative estimate of drug-likeness (QED) is 0.601. The van der Waals surface area contributed by atoms with E-state index in [2.05, 4.69) is 4.98 Å². The molecule has 4 nitrogen and oxygen atoms in total. The van der Waals surface area contributed by atoms with E-state index in [0.717, 1.165) is 16.5 Å². The van der Waals surface area contributed by atoms with Crippen molar-refractivity contribution in [3.8, 4) is 0 Å². The molecule has 0 aliphatic carbocycles. The predicted molar refractivity (Wildman–Crippen MR) is 63.1 cm³/mol. The maximum Gasteiger partial charge on any atom is 0.0754 e. The lowest BCUT2D eigenvalue weighted by Gasteiger charge is -2.15. The molecule has 0 amide bonds. The number of H-pyrrole nitrogens is 1. The van der Waals surface area contributed by atoms with Gasteiger partial charge in [0.2, 0.25) is 0 Å². The lowest BCUT2D eigenvalue weighted by molar-refractivity contribution is 0.109. The summed E-state index contributed by atoms with van der Waals surface area (Å²) in [5.74, 6) is 0. The van der Waals surface area contributed by atoms with Crippen LogP contribution in [0.15, 0.2) is 30.5 Å². The van der Waals surface area contributed by atoms with E-state index in [0.29, 0.717) is 6.42 Å². The van der Waals surface area contributed by atoms with Gasteiger partial charge in [0.25, 0.3) is 0 Å². The summed E-state index contributed by atoms with van der Waals surface area (Å²) < 4.78 is 0. The topological polar surface area (TPSA) is 82.3 Å². The summed E-state index contributed by atoms with van der Waals surface area (Å²) in [4.78, 5) is 3.14. The van der Waals surface area contributed by atoms with E-state index in [4.69, 9.17) is 10.8 Å². The molecular weight excluding hydrogens is 204 g/mol. The molecule has 0 fully saturated rings. The minimum absolute atomic E-state index is 0.205. The molecule has 1 unspecified atom stereocenters. The van der Waals surface area contributed by atoms with E-state index in [1.54, 1.807) is 0 Å². The lowest BCUT2D eigenvalue weighted by atomic mass is 10.0. The Morgan fingerprint density at radius 3 is 2.81 bits per heavy atom. The monoisotopic (exact) mass is 220 g/mol. The molecule has 5 N–H and O–H groups in total. The van der Waals surface area contributed by atoms with Crippen LogP contribution in [-0.2, 0) is 6.42 Å². The summed E-state index contributed by atoms with van der Waals surface area (Å²) in [6.07, 6.45) is 1.60. The third-order valence-corrected chi connectivity index (χ3v) is 2.81. The van der Waals surface area contributed by atoms with Crippen LogP contribution in [0.5, 0.6) is 0 Å². The van der Waals surface area contributed by atoms with Crippen LogP contribution in [0.4, 0.5) is 0 Å². The van der Waals surface area contributed by atoms with Gasteiger partial charge in [-0.05, 0) is 11.6 Å². The van der Waals surface area contributed by atoms with Crippen LogP contribution in [0.25, 0.3) is 10.9 Å². The second-order valence-electron chi connectivity index (χ2n) is 3.98. The highest BCUT2D eigenvalue weighted by Crippen LogP contribution is 2.19. The van der Waals surface area contributed by atoms with Crippen molar-refractivity contribution in [3.05, 3.63) is 36.0 Å². The molecule has 2 atom stereocenters. The molecular formula is C12H16N2O2. The van der Waals surface area contributed by atoms with E-state index in [1.807, 2.05) is 30.5 Å². The zero-order valence-electron chi connectivity index (χ0n) is 8.93. The highest BCUT2D eigenvalue weighted by Gasteiger charge is 2.15. The second kappa shape index (κ2) is 4.65. The van der Waals surface area contributed by atoms with Crippen molar-refractivity contribution >= 4 is 10.9 Å². The van der Waals surface area contributed by atoms with Crippen LogP contribution in [0.3, 0.4) is 0 Å². The normalized spacial score (nSPS) is 15.2. The van der Waals surface area contributed by atoms with Gasteiger partial charge in [-0.15, -0.1) is 0 Å². The number of para-hydroxylation sites is 1. The molecule has 0 bridgehead atoms. The predicted octanol–water partition coefficient (Wildman–Crippen LogP) is 0.391. The molecule has 0 aliphatic heterocycles. The van der Waals surface area contributed by atoms with Gasteiger partial charge in [-0.3, -0.25) is 0 Å². The molecule has 0 aliphatic rings. The number of fused-ring (bicyclic) bond motifs is 1.